The minimum atomic E-state index is -1.09. The molecule has 0 aliphatic rings. The van der Waals surface area contributed by atoms with Crippen molar-refractivity contribution in [2.75, 3.05) is 20.4 Å². The van der Waals surface area contributed by atoms with Gasteiger partial charge in [0.1, 0.15) is 0 Å². The molecule has 1 heterocycles. The molecule has 1 atom stereocenters. The Morgan fingerprint density at radius 1 is 1.54 bits per heavy atom. The number of hydrogen-bond acceptors (Lipinski definition) is 4. The minimum Gasteiger partial charge on any atom is -0.304 e. The maximum atomic E-state index is 11.1. The third-order valence-electron chi connectivity index (χ3n) is 1.43. The van der Waals surface area contributed by atoms with Crippen molar-refractivity contribution >= 4 is 10.8 Å². The second-order valence-electron chi connectivity index (χ2n) is 3.02. The van der Waals surface area contributed by atoms with Gasteiger partial charge in [0.15, 0.2) is 0 Å². The first-order chi connectivity index (χ1) is 6.09. The molecule has 0 unspecified atom stereocenters. The molecule has 0 bridgehead atoms. The van der Waals surface area contributed by atoms with Crippen LogP contribution in [0.3, 0.4) is 0 Å². The molecule has 0 saturated heterocycles. The van der Waals surface area contributed by atoms with Crippen LogP contribution < -0.4 is 0 Å². The SMILES string of the molecule is CN(C)Cc1ccnc([S@@](C)=O)n1. The Kier molecular flexibility index (Phi) is 3.50. The van der Waals surface area contributed by atoms with Gasteiger partial charge in [0.05, 0.1) is 16.5 Å². The highest BCUT2D eigenvalue weighted by Crippen LogP contribution is 2.00. The molecule has 5 heteroatoms. The molecule has 0 aliphatic heterocycles. The lowest BCUT2D eigenvalue weighted by atomic mass is 10.4. The molecule has 0 fully saturated rings. The summed E-state index contributed by atoms with van der Waals surface area (Å²) in [5, 5.41) is 0.402. The van der Waals surface area contributed by atoms with Crippen LogP contribution in [0.2, 0.25) is 0 Å². The summed E-state index contributed by atoms with van der Waals surface area (Å²) in [5.74, 6) is 0. The van der Waals surface area contributed by atoms with Crippen molar-refractivity contribution in [1.29, 1.82) is 0 Å². The second kappa shape index (κ2) is 4.43. The topological polar surface area (TPSA) is 46.1 Å². The molecule has 72 valence electrons. The van der Waals surface area contributed by atoms with Crippen LogP contribution in [0.5, 0.6) is 0 Å². The van der Waals surface area contributed by atoms with E-state index in [4.69, 9.17) is 0 Å². The molecule has 0 radical (unpaired) electrons. The summed E-state index contributed by atoms with van der Waals surface area (Å²) in [6.07, 6.45) is 3.22. The van der Waals surface area contributed by atoms with Gasteiger partial charge in [-0.15, -0.1) is 0 Å². The number of nitrogens with zero attached hydrogens (tertiary/aromatic N) is 3. The highest BCUT2D eigenvalue weighted by Gasteiger charge is 2.02. The molecule has 13 heavy (non-hydrogen) atoms. The number of rotatable bonds is 3. The van der Waals surface area contributed by atoms with Crippen LogP contribution in [0.1, 0.15) is 5.69 Å². The van der Waals surface area contributed by atoms with Crippen molar-refractivity contribution in [3.8, 4) is 0 Å². The van der Waals surface area contributed by atoms with Crippen LogP contribution in [-0.2, 0) is 17.3 Å². The van der Waals surface area contributed by atoms with Crippen LogP contribution >= 0.6 is 0 Å². The molecule has 0 saturated carbocycles. The van der Waals surface area contributed by atoms with Gasteiger partial charge in [-0.3, -0.25) is 4.21 Å². The molecule has 0 aromatic carbocycles. The first kappa shape index (κ1) is 10.3. The second-order valence-corrected chi connectivity index (χ2v) is 4.30. The van der Waals surface area contributed by atoms with Gasteiger partial charge in [0.2, 0.25) is 5.16 Å². The van der Waals surface area contributed by atoms with E-state index in [-0.39, 0.29) is 0 Å². The number of aromatic nitrogens is 2. The van der Waals surface area contributed by atoms with Crippen molar-refractivity contribution in [2.24, 2.45) is 0 Å². The summed E-state index contributed by atoms with van der Waals surface area (Å²) in [7, 11) is 2.83. The van der Waals surface area contributed by atoms with Gasteiger partial charge in [-0.1, -0.05) is 0 Å². The van der Waals surface area contributed by atoms with Crippen LogP contribution in [0.4, 0.5) is 0 Å². The third kappa shape index (κ3) is 3.20. The fourth-order valence-electron chi connectivity index (χ4n) is 0.927. The minimum absolute atomic E-state index is 0.402. The quantitative estimate of drug-likeness (QED) is 0.656. The molecule has 4 nitrogen and oxygen atoms in total. The number of hydrogen-bond donors (Lipinski definition) is 0. The lowest BCUT2D eigenvalue weighted by Gasteiger charge is -2.08. The average Bonchev–Trinajstić information content (AvgIpc) is 2.03. The zero-order valence-corrected chi connectivity index (χ0v) is 8.84. The summed E-state index contributed by atoms with van der Waals surface area (Å²) in [5.41, 5.74) is 0.894. The molecule has 0 aliphatic carbocycles. The van der Waals surface area contributed by atoms with E-state index in [2.05, 4.69) is 9.97 Å². The summed E-state index contributed by atoms with van der Waals surface area (Å²) in [6, 6.07) is 1.83. The third-order valence-corrected chi connectivity index (χ3v) is 2.14. The summed E-state index contributed by atoms with van der Waals surface area (Å²) in [6.45, 7) is 0.743. The average molecular weight is 199 g/mol. The van der Waals surface area contributed by atoms with Crippen molar-refractivity contribution in [3.05, 3.63) is 18.0 Å². The van der Waals surface area contributed by atoms with Crippen molar-refractivity contribution in [2.45, 2.75) is 11.7 Å². The molecule has 1 rings (SSSR count). The predicted molar refractivity (Wildman–Crippen MR) is 51.8 cm³/mol. The van der Waals surface area contributed by atoms with E-state index < -0.39 is 10.8 Å². The highest BCUT2D eigenvalue weighted by molar-refractivity contribution is 7.84. The molecule has 1 aromatic heterocycles. The van der Waals surface area contributed by atoms with Crippen LogP contribution in [0, 0.1) is 0 Å². The molecule has 0 amide bonds. The zero-order valence-electron chi connectivity index (χ0n) is 8.02. The molecule has 0 spiro atoms. The summed E-state index contributed by atoms with van der Waals surface area (Å²) >= 11 is 0. The van der Waals surface area contributed by atoms with E-state index in [1.165, 1.54) is 0 Å². The van der Waals surface area contributed by atoms with E-state index in [0.29, 0.717) is 5.16 Å². The highest BCUT2D eigenvalue weighted by atomic mass is 32.2. The molecule has 0 N–H and O–H groups in total. The first-order valence-electron chi connectivity index (χ1n) is 3.89. The van der Waals surface area contributed by atoms with E-state index >= 15 is 0 Å². The maximum absolute atomic E-state index is 11.1. The molecular weight excluding hydrogens is 186 g/mol. The fraction of sp³-hybridized carbons (Fsp3) is 0.500. The Labute approximate surface area is 80.5 Å². The van der Waals surface area contributed by atoms with Crippen LogP contribution in [0.25, 0.3) is 0 Å². The Morgan fingerprint density at radius 3 is 2.77 bits per heavy atom. The van der Waals surface area contributed by atoms with Crippen molar-refractivity contribution < 1.29 is 4.21 Å². The van der Waals surface area contributed by atoms with Gasteiger partial charge in [-0.25, -0.2) is 9.97 Å². The zero-order chi connectivity index (χ0) is 9.84. The fourth-order valence-corrected chi connectivity index (χ4v) is 1.38. The van der Waals surface area contributed by atoms with Gasteiger partial charge < -0.3 is 4.90 Å². The smallest absolute Gasteiger partial charge is 0.218 e. The first-order valence-corrected chi connectivity index (χ1v) is 5.45. The van der Waals surface area contributed by atoms with Gasteiger partial charge in [0.25, 0.3) is 0 Å². The Balaban J connectivity index is 2.85. The molecular formula is C8H13N3OS. The van der Waals surface area contributed by atoms with Crippen LogP contribution in [-0.4, -0.2) is 39.4 Å². The predicted octanol–water partition coefficient (Wildman–Crippen LogP) is 0.276. The summed E-state index contributed by atoms with van der Waals surface area (Å²) in [4.78, 5) is 10.1. The summed E-state index contributed by atoms with van der Waals surface area (Å²) < 4.78 is 11.1. The largest absolute Gasteiger partial charge is 0.304 e. The lowest BCUT2D eigenvalue weighted by molar-refractivity contribution is 0.395. The standard InChI is InChI=1S/C8H13N3OS/c1-11(2)6-7-4-5-9-8(10-7)13(3)12/h4-5H,6H2,1-3H3/t13-/m1/s1. The normalized spacial score (nSPS) is 13.2. The maximum Gasteiger partial charge on any atom is 0.218 e. The van der Waals surface area contributed by atoms with Gasteiger partial charge >= 0.3 is 0 Å². The van der Waals surface area contributed by atoms with Gasteiger partial charge in [-0.2, -0.15) is 0 Å². The van der Waals surface area contributed by atoms with Crippen LogP contribution in [0.15, 0.2) is 17.4 Å². The van der Waals surface area contributed by atoms with Crippen molar-refractivity contribution in [1.82, 2.24) is 14.9 Å². The van der Waals surface area contributed by atoms with Crippen molar-refractivity contribution in [3.63, 3.8) is 0 Å². The Hall–Kier alpha value is -0.810. The Morgan fingerprint density at radius 2 is 2.23 bits per heavy atom. The van der Waals surface area contributed by atoms with E-state index in [0.717, 1.165) is 12.2 Å². The lowest BCUT2D eigenvalue weighted by Crippen LogP contribution is -2.13. The Bertz CT molecular complexity index is 314. The van der Waals surface area contributed by atoms with E-state index in [1.807, 2.05) is 25.1 Å². The van der Waals surface area contributed by atoms with E-state index in [1.54, 1.807) is 12.5 Å². The monoisotopic (exact) mass is 199 g/mol. The van der Waals surface area contributed by atoms with Gasteiger partial charge in [0, 0.05) is 19.0 Å². The molecule has 1 aromatic rings. The van der Waals surface area contributed by atoms with Gasteiger partial charge in [-0.05, 0) is 20.2 Å². The van der Waals surface area contributed by atoms with E-state index in [9.17, 15) is 4.21 Å².